The fourth-order valence-corrected chi connectivity index (χ4v) is 4.85. The third kappa shape index (κ3) is 12.5. The van der Waals surface area contributed by atoms with Crippen LogP contribution in [0, 0.1) is 0 Å². The molecule has 2 aromatic heterocycles. The van der Waals surface area contributed by atoms with Crippen LogP contribution in [-0.4, -0.2) is 96.0 Å². The summed E-state index contributed by atoms with van der Waals surface area (Å²) in [5, 5.41) is 0. The molecule has 292 valence electrons. The van der Waals surface area contributed by atoms with Crippen LogP contribution >= 0.6 is 0 Å². The number of ether oxygens (including phenoxy) is 8. The van der Waals surface area contributed by atoms with Crippen molar-refractivity contribution in [3.63, 3.8) is 0 Å². The molecule has 1 aliphatic rings. The van der Waals surface area contributed by atoms with Crippen molar-refractivity contribution in [1.29, 1.82) is 0 Å². The molecule has 1 aliphatic heterocycles. The summed E-state index contributed by atoms with van der Waals surface area (Å²) in [6.07, 6.45) is 8.43. The first-order chi connectivity index (χ1) is 27.3. The summed E-state index contributed by atoms with van der Waals surface area (Å²) in [7, 11) is 0. The van der Waals surface area contributed by atoms with E-state index in [1.807, 2.05) is 0 Å². The Kier molecular flexibility index (Phi) is 15.5. The Hall–Kier alpha value is -6.52. The minimum Gasteiger partial charge on any atom is -0.490 e. The lowest BCUT2D eigenvalue weighted by Gasteiger charge is -2.30. The molecule has 2 atom stereocenters. The average Bonchev–Trinajstić information content (AvgIpc) is 3.24. The van der Waals surface area contributed by atoms with Crippen molar-refractivity contribution in [3.05, 3.63) is 110 Å². The number of unbranched alkanes of at least 4 members (excludes halogenated alkanes) is 2. The van der Waals surface area contributed by atoms with Gasteiger partial charge in [0.1, 0.15) is 0 Å². The fraction of sp³-hybridized carbons (Fsp3) is 0.300. The highest BCUT2D eigenvalue weighted by molar-refractivity contribution is 5.91. The molecular formula is C40H40N4O12. The molecule has 56 heavy (non-hydrogen) atoms. The van der Waals surface area contributed by atoms with E-state index in [2.05, 4.69) is 33.1 Å². The van der Waals surface area contributed by atoms with Crippen molar-refractivity contribution in [1.82, 2.24) is 19.9 Å². The van der Waals surface area contributed by atoms with Crippen LogP contribution in [0.2, 0.25) is 0 Å². The monoisotopic (exact) mass is 768 g/mol. The highest BCUT2D eigenvalue weighted by Gasteiger charge is 2.34. The van der Waals surface area contributed by atoms with Crippen LogP contribution in [-0.2, 0) is 38.0 Å². The molecule has 0 unspecified atom stereocenters. The first-order valence-electron chi connectivity index (χ1n) is 17.7. The van der Waals surface area contributed by atoms with Gasteiger partial charge in [0.25, 0.3) is 12.6 Å². The quantitative estimate of drug-likeness (QED) is 0.0499. The molecule has 2 aromatic carbocycles. The lowest BCUT2D eigenvalue weighted by atomic mass is 10.1. The van der Waals surface area contributed by atoms with Crippen molar-refractivity contribution < 1.29 is 57.1 Å². The molecule has 0 spiro atoms. The number of benzene rings is 2. The van der Waals surface area contributed by atoms with Crippen molar-refractivity contribution in [3.8, 4) is 34.3 Å². The summed E-state index contributed by atoms with van der Waals surface area (Å²) in [4.78, 5) is 65.5. The van der Waals surface area contributed by atoms with Gasteiger partial charge in [0.2, 0.25) is 0 Å². The Balaban J connectivity index is 1.06. The van der Waals surface area contributed by atoms with Gasteiger partial charge >= 0.3 is 23.9 Å². The second kappa shape index (κ2) is 21.4. The molecule has 16 heteroatoms. The average molecular weight is 769 g/mol. The zero-order valence-corrected chi connectivity index (χ0v) is 30.4. The summed E-state index contributed by atoms with van der Waals surface area (Å²) in [6.45, 7) is 8.32. The van der Waals surface area contributed by atoms with Gasteiger partial charge in [-0.15, -0.1) is 0 Å². The molecule has 3 heterocycles. The Bertz CT molecular complexity index is 1780. The molecule has 1 saturated heterocycles. The summed E-state index contributed by atoms with van der Waals surface area (Å²) in [5.41, 5.74) is 1.73. The topological polar surface area (TPSA) is 194 Å². The standard InChI is InChI=1S/C40H40N4O12/c1-3-33(45)51-19-7-5-17-49-31-23-41-35(42-24-31)27-9-13-29(14-10-27)37(47)55-39-40(54-22-21-53-39)56-38(48)30-15-11-28(12-16-30)36-43-25-32(26-44-36)50-18-6-8-20-52-34(46)4-2/h3-4,9-16,23-26,39-40H,1-2,5-8,17-22H2/t39-,40-/m0/s1. The summed E-state index contributed by atoms with van der Waals surface area (Å²) < 4.78 is 43.3. The van der Waals surface area contributed by atoms with Crippen LogP contribution in [0.1, 0.15) is 46.4 Å². The van der Waals surface area contributed by atoms with E-state index in [1.54, 1.807) is 73.3 Å². The van der Waals surface area contributed by atoms with Crippen molar-refractivity contribution >= 4 is 23.9 Å². The number of aromatic nitrogens is 4. The predicted molar refractivity (Wildman–Crippen MR) is 197 cm³/mol. The number of hydrogen-bond donors (Lipinski definition) is 0. The van der Waals surface area contributed by atoms with Crippen LogP contribution in [0.5, 0.6) is 11.5 Å². The highest BCUT2D eigenvalue weighted by Crippen LogP contribution is 2.22. The third-order valence-corrected chi connectivity index (χ3v) is 7.77. The van der Waals surface area contributed by atoms with Crippen LogP contribution < -0.4 is 9.47 Å². The molecule has 0 radical (unpaired) electrons. The van der Waals surface area contributed by atoms with Crippen LogP contribution in [0.3, 0.4) is 0 Å². The molecule has 0 amide bonds. The van der Waals surface area contributed by atoms with Gasteiger partial charge in [-0.3, -0.25) is 0 Å². The van der Waals surface area contributed by atoms with E-state index in [0.717, 1.165) is 12.2 Å². The predicted octanol–water partition coefficient (Wildman–Crippen LogP) is 5.09. The zero-order chi connectivity index (χ0) is 39.5. The van der Waals surface area contributed by atoms with E-state index in [1.165, 1.54) is 0 Å². The Morgan fingerprint density at radius 3 is 1.29 bits per heavy atom. The molecule has 0 saturated carbocycles. The minimum atomic E-state index is -1.30. The van der Waals surface area contributed by atoms with Gasteiger partial charge in [-0.2, -0.15) is 0 Å². The minimum absolute atomic E-state index is 0.124. The highest BCUT2D eigenvalue weighted by atomic mass is 16.8. The molecular weight excluding hydrogens is 728 g/mol. The second-order valence-corrected chi connectivity index (χ2v) is 11.8. The Morgan fingerprint density at radius 1 is 0.571 bits per heavy atom. The van der Waals surface area contributed by atoms with Crippen LogP contribution in [0.4, 0.5) is 0 Å². The van der Waals surface area contributed by atoms with E-state index in [-0.39, 0.29) is 37.6 Å². The van der Waals surface area contributed by atoms with E-state index >= 15 is 0 Å². The maximum absolute atomic E-state index is 13.0. The van der Waals surface area contributed by atoms with Crippen molar-refractivity contribution in [2.45, 2.75) is 38.3 Å². The Labute approximate surface area is 322 Å². The summed E-state index contributed by atoms with van der Waals surface area (Å²) in [6, 6.07) is 12.9. The molecule has 1 fully saturated rings. The first kappa shape index (κ1) is 40.7. The van der Waals surface area contributed by atoms with Crippen LogP contribution in [0.25, 0.3) is 22.8 Å². The smallest absolute Gasteiger partial charge is 0.340 e. The SMILES string of the molecule is C=CC(=O)OCCCCOc1cnc(-c2ccc(C(=O)O[C@@H]3OCCO[C@H]3OC(=O)c3ccc(-c4ncc(OCCCCOC(=O)C=C)cn4)cc3)cc2)nc1. The summed E-state index contributed by atoms with van der Waals surface area (Å²) >= 11 is 0. The van der Waals surface area contributed by atoms with Crippen molar-refractivity contribution in [2.75, 3.05) is 39.6 Å². The molecule has 16 nitrogen and oxygen atoms in total. The van der Waals surface area contributed by atoms with Gasteiger partial charge in [-0.05, 0) is 49.9 Å². The maximum Gasteiger partial charge on any atom is 0.340 e. The lowest BCUT2D eigenvalue weighted by molar-refractivity contribution is -0.288. The van der Waals surface area contributed by atoms with Crippen molar-refractivity contribution in [2.24, 2.45) is 0 Å². The molecule has 0 bridgehead atoms. The largest absolute Gasteiger partial charge is 0.490 e. The first-order valence-corrected chi connectivity index (χ1v) is 17.7. The molecule has 0 N–H and O–H groups in total. The van der Waals surface area contributed by atoms with E-state index < -0.39 is 36.5 Å². The van der Waals surface area contributed by atoms with Gasteiger partial charge in [0.05, 0.1) is 75.6 Å². The number of hydrogen-bond acceptors (Lipinski definition) is 16. The molecule has 5 rings (SSSR count). The zero-order valence-electron chi connectivity index (χ0n) is 30.4. The molecule has 4 aromatic rings. The summed E-state index contributed by atoms with van der Waals surface area (Å²) in [5.74, 6) is -0.545. The van der Waals surface area contributed by atoms with Gasteiger partial charge in [0.15, 0.2) is 23.1 Å². The van der Waals surface area contributed by atoms with Gasteiger partial charge in [-0.1, -0.05) is 37.4 Å². The van der Waals surface area contributed by atoms with Crippen LogP contribution in [0.15, 0.2) is 98.6 Å². The normalized spacial score (nSPS) is 14.8. The van der Waals surface area contributed by atoms with E-state index in [4.69, 9.17) is 37.9 Å². The number of carbonyl (C=O) groups is 4. The van der Waals surface area contributed by atoms with E-state index in [9.17, 15) is 19.2 Å². The second-order valence-electron chi connectivity index (χ2n) is 11.8. The van der Waals surface area contributed by atoms with Gasteiger partial charge in [-0.25, -0.2) is 39.1 Å². The third-order valence-electron chi connectivity index (χ3n) is 7.77. The number of nitrogens with zero attached hydrogens (tertiary/aromatic N) is 4. The number of carbonyl (C=O) groups excluding carboxylic acids is 4. The van der Waals surface area contributed by atoms with Gasteiger partial charge < -0.3 is 37.9 Å². The van der Waals surface area contributed by atoms with Gasteiger partial charge in [0, 0.05) is 23.3 Å². The fourth-order valence-electron chi connectivity index (χ4n) is 4.85. The Morgan fingerprint density at radius 2 is 0.929 bits per heavy atom. The molecule has 0 aliphatic carbocycles. The van der Waals surface area contributed by atoms with E-state index in [0.29, 0.717) is 73.2 Å². The maximum atomic E-state index is 13.0. The number of rotatable bonds is 20. The number of esters is 4. The lowest BCUT2D eigenvalue weighted by Crippen LogP contribution is -2.44.